The van der Waals surface area contributed by atoms with E-state index in [1.807, 2.05) is 32.0 Å². The lowest BCUT2D eigenvalue weighted by molar-refractivity contribution is 0.276. The van der Waals surface area contributed by atoms with E-state index in [1.165, 1.54) is 5.56 Å². The summed E-state index contributed by atoms with van der Waals surface area (Å²) in [5.41, 5.74) is 3.57. The van der Waals surface area contributed by atoms with Crippen molar-refractivity contribution in [1.29, 1.82) is 0 Å². The van der Waals surface area contributed by atoms with Gasteiger partial charge in [-0.1, -0.05) is 27.2 Å². The van der Waals surface area contributed by atoms with Crippen LogP contribution >= 0.6 is 15.9 Å². The Morgan fingerprint density at radius 2 is 2.12 bits per heavy atom. The van der Waals surface area contributed by atoms with Crippen molar-refractivity contribution in [2.45, 2.75) is 20.5 Å². The van der Waals surface area contributed by atoms with Crippen LogP contribution < -0.4 is 0 Å². The summed E-state index contributed by atoms with van der Waals surface area (Å²) in [7, 11) is 0. The predicted octanol–water partition coefficient (Wildman–Crippen LogP) is 2.14. The van der Waals surface area contributed by atoms with Gasteiger partial charge >= 0.3 is 0 Å². The molecule has 1 aromatic carbocycles. The number of halogens is 1. The molecule has 1 N–H and O–H groups in total. The maximum Gasteiger partial charge on any atom is 0.111 e. The summed E-state index contributed by atoms with van der Waals surface area (Å²) in [5, 5.41) is 17.0. The summed E-state index contributed by atoms with van der Waals surface area (Å²) in [6, 6.07) is 5.97. The average Bonchev–Trinajstić information content (AvgIpc) is 2.64. The molecule has 0 radical (unpaired) electrons. The van der Waals surface area contributed by atoms with Crippen molar-refractivity contribution in [3.05, 3.63) is 39.6 Å². The molecule has 1 heterocycles. The van der Waals surface area contributed by atoms with Crippen LogP contribution in [0.5, 0.6) is 0 Å². The zero-order valence-electron chi connectivity index (χ0n) is 9.11. The largest absolute Gasteiger partial charge is 0.390 e. The average molecular weight is 282 g/mol. The molecule has 0 bridgehead atoms. The number of aromatic nitrogens is 3. The quantitative estimate of drug-likeness (QED) is 0.918. The first-order valence-electron chi connectivity index (χ1n) is 4.92. The van der Waals surface area contributed by atoms with E-state index >= 15 is 0 Å². The topological polar surface area (TPSA) is 50.9 Å². The van der Waals surface area contributed by atoms with Gasteiger partial charge in [-0.05, 0) is 31.5 Å². The van der Waals surface area contributed by atoms with Crippen LogP contribution in [-0.4, -0.2) is 20.1 Å². The first-order chi connectivity index (χ1) is 7.63. The van der Waals surface area contributed by atoms with Gasteiger partial charge in [0.15, 0.2) is 0 Å². The van der Waals surface area contributed by atoms with Crippen LogP contribution in [0, 0.1) is 13.8 Å². The van der Waals surface area contributed by atoms with Crippen LogP contribution in [0.4, 0.5) is 0 Å². The minimum absolute atomic E-state index is 0.0845. The third kappa shape index (κ3) is 1.88. The second-order valence-corrected chi connectivity index (χ2v) is 4.48. The Labute approximate surface area is 102 Å². The molecule has 0 saturated heterocycles. The van der Waals surface area contributed by atoms with Gasteiger partial charge in [0, 0.05) is 4.47 Å². The lowest BCUT2D eigenvalue weighted by atomic mass is 10.2. The molecular weight excluding hydrogens is 270 g/mol. The standard InChI is InChI=1S/C11H12BrN3O/c1-7-3-4-9(5-10(7)12)15-8(2)11(6-16)13-14-15/h3-5,16H,6H2,1-2H3. The summed E-state index contributed by atoms with van der Waals surface area (Å²) in [6.07, 6.45) is 0. The number of hydrogen-bond acceptors (Lipinski definition) is 3. The zero-order valence-corrected chi connectivity index (χ0v) is 10.7. The first kappa shape index (κ1) is 11.3. The van der Waals surface area contributed by atoms with Gasteiger partial charge < -0.3 is 5.11 Å². The normalized spacial score (nSPS) is 10.8. The number of aliphatic hydroxyl groups is 1. The molecule has 0 unspecified atom stereocenters. The van der Waals surface area contributed by atoms with Crippen molar-refractivity contribution >= 4 is 15.9 Å². The van der Waals surface area contributed by atoms with Gasteiger partial charge in [0.25, 0.3) is 0 Å². The van der Waals surface area contributed by atoms with Crippen LogP contribution in [0.25, 0.3) is 5.69 Å². The Hall–Kier alpha value is -1.20. The number of rotatable bonds is 2. The van der Waals surface area contributed by atoms with Crippen LogP contribution in [0.3, 0.4) is 0 Å². The van der Waals surface area contributed by atoms with E-state index in [1.54, 1.807) is 4.68 Å². The molecule has 0 fully saturated rings. The highest BCUT2D eigenvalue weighted by atomic mass is 79.9. The molecule has 84 valence electrons. The third-order valence-electron chi connectivity index (χ3n) is 2.54. The van der Waals surface area contributed by atoms with Crippen molar-refractivity contribution in [3.8, 4) is 5.69 Å². The molecule has 0 aliphatic heterocycles. The van der Waals surface area contributed by atoms with E-state index < -0.39 is 0 Å². The SMILES string of the molecule is Cc1ccc(-n2nnc(CO)c2C)cc1Br. The Morgan fingerprint density at radius 3 is 2.69 bits per heavy atom. The molecule has 0 aliphatic rings. The smallest absolute Gasteiger partial charge is 0.111 e. The van der Waals surface area contributed by atoms with Gasteiger partial charge in [-0.15, -0.1) is 5.10 Å². The maximum atomic E-state index is 9.05. The molecular formula is C11H12BrN3O. The minimum atomic E-state index is -0.0845. The van der Waals surface area contributed by atoms with Crippen molar-refractivity contribution in [2.75, 3.05) is 0 Å². The monoisotopic (exact) mass is 281 g/mol. The molecule has 16 heavy (non-hydrogen) atoms. The lowest BCUT2D eigenvalue weighted by Gasteiger charge is -2.05. The van der Waals surface area contributed by atoms with Gasteiger partial charge in [-0.2, -0.15) is 0 Å². The predicted molar refractivity (Wildman–Crippen MR) is 64.5 cm³/mol. The fourth-order valence-corrected chi connectivity index (χ4v) is 1.83. The molecule has 0 aliphatic carbocycles. The fraction of sp³-hybridized carbons (Fsp3) is 0.273. The number of benzene rings is 1. The van der Waals surface area contributed by atoms with E-state index in [0.717, 1.165) is 15.9 Å². The van der Waals surface area contributed by atoms with E-state index in [2.05, 4.69) is 26.2 Å². The molecule has 4 nitrogen and oxygen atoms in total. The van der Waals surface area contributed by atoms with Gasteiger partial charge in [0.1, 0.15) is 5.69 Å². The Balaban J connectivity index is 2.50. The van der Waals surface area contributed by atoms with Crippen LogP contribution in [0.1, 0.15) is 17.0 Å². The summed E-state index contributed by atoms with van der Waals surface area (Å²) in [4.78, 5) is 0. The summed E-state index contributed by atoms with van der Waals surface area (Å²) in [6.45, 7) is 3.83. The highest BCUT2D eigenvalue weighted by molar-refractivity contribution is 9.10. The van der Waals surface area contributed by atoms with Crippen molar-refractivity contribution in [2.24, 2.45) is 0 Å². The fourth-order valence-electron chi connectivity index (χ4n) is 1.47. The van der Waals surface area contributed by atoms with Crippen LogP contribution in [-0.2, 0) is 6.61 Å². The second kappa shape index (κ2) is 4.35. The Kier molecular flexibility index (Phi) is 3.07. The highest BCUT2D eigenvalue weighted by Gasteiger charge is 2.09. The number of aliphatic hydroxyl groups excluding tert-OH is 1. The molecule has 0 atom stereocenters. The molecule has 1 aromatic heterocycles. The van der Waals surface area contributed by atoms with Crippen molar-refractivity contribution in [3.63, 3.8) is 0 Å². The van der Waals surface area contributed by atoms with Crippen LogP contribution in [0.2, 0.25) is 0 Å². The zero-order chi connectivity index (χ0) is 11.7. The first-order valence-corrected chi connectivity index (χ1v) is 5.71. The maximum absolute atomic E-state index is 9.05. The van der Waals surface area contributed by atoms with Crippen LogP contribution in [0.15, 0.2) is 22.7 Å². The number of nitrogens with zero attached hydrogens (tertiary/aromatic N) is 3. The van der Waals surface area contributed by atoms with Crippen molar-refractivity contribution < 1.29 is 5.11 Å². The van der Waals surface area contributed by atoms with E-state index in [-0.39, 0.29) is 6.61 Å². The highest BCUT2D eigenvalue weighted by Crippen LogP contribution is 2.20. The summed E-state index contributed by atoms with van der Waals surface area (Å²) < 4.78 is 2.75. The molecule has 0 amide bonds. The number of hydrogen-bond donors (Lipinski definition) is 1. The minimum Gasteiger partial charge on any atom is -0.390 e. The molecule has 0 spiro atoms. The summed E-state index contributed by atoms with van der Waals surface area (Å²) >= 11 is 3.48. The Morgan fingerprint density at radius 1 is 1.38 bits per heavy atom. The van der Waals surface area contributed by atoms with Gasteiger partial charge in [0.2, 0.25) is 0 Å². The van der Waals surface area contributed by atoms with Gasteiger partial charge in [-0.3, -0.25) is 0 Å². The number of aryl methyl sites for hydroxylation is 1. The molecule has 5 heteroatoms. The Bertz CT molecular complexity index is 522. The summed E-state index contributed by atoms with van der Waals surface area (Å²) in [5.74, 6) is 0. The lowest BCUT2D eigenvalue weighted by Crippen LogP contribution is -2.00. The van der Waals surface area contributed by atoms with Crippen molar-refractivity contribution in [1.82, 2.24) is 15.0 Å². The molecule has 2 aromatic rings. The molecule has 2 rings (SSSR count). The third-order valence-corrected chi connectivity index (χ3v) is 3.39. The van der Waals surface area contributed by atoms with E-state index in [9.17, 15) is 0 Å². The van der Waals surface area contributed by atoms with Gasteiger partial charge in [0.05, 0.1) is 18.0 Å². The van der Waals surface area contributed by atoms with Gasteiger partial charge in [-0.25, -0.2) is 4.68 Å². The van der Waals surface area contributed by atoms with E-state index in [4.69, 9.17) is 5.11 Å². The second-order valence-electron chi connectivity index (χ2n) is 3.62. The molecule has 0 saturated carbocycles. The van der Waals surface area contributed by atoms with E-state index in [0.29, 0.717) is 5.69 Å².